The Bertz CT molecular complexity index is 1040. The van der Waals surface area contributed by atoms with Gasteiger partial charge in [0.05, 0.1) is 16.5 Å². The third-order valence-electron chi connectivity index (χ3n) is 5.46. The van der Waals surface area contributed by atoms with Gasteiger partial charge < -0.3 is 4.90 Å². The third-order valence-corrected chi connectivity index (χ3v) is 7.38. The molecule has 1 atom stereocenters. The number of nitrogens with zero attached hydrogens (tertiary/aromatic N) is 3. The van der Waals surface area contributed by atoms with E-state index in [9.17, 15) is 13.2 Å². The van der Waals surface area contributed by atoms with Crippen molar-refractivity contribution in [3.05, 3.63) is 65.2 Å². The van der Waals surface area contributed by atoms with E-state index in [2.05, 4.69) is 6.07 Å². The molecule has 6 nitrogen and oxygen atoms in total. The number of sulfonamides is 1. The summed E-state index contributed by atoms with van der Waals surface area (Å²) in [7, 11) is -3.72. The number of carbonyl (C=O) groups is 1. The Hall–Kier alpha value is -2.69. The number of benzene rings is 2. The molecule has 2 aliphatic heterocycles. The minimum atomic E-state index is -3.72. The fourth-order valence-electron chi connectivity index (χ4n) is 4.00. The van der Waals surface area contributed by atoms with Gasteiger partial charge in [-0.15, -0.1) is 0 Å². The lowest BCUT2D eigenvalue weighted by molar-refractivity contribution is -0.136. The summed E-state index contributed by atoms with van der Waals surface area (Å²) in [5.74, 6) is -0.158. The van der Waals surface area contributed by atoms with Crippen molar-refractivity contribution in [3.8, 4) is 6.07 Å². The highest BCUT2D eigenvalue weighted by Gasteiger charge is 2.40. The maximum Gasteiger partial charge on any atom is 0.243 e. The van der Waals surface area contributed by atoms with E-state index < -0.39 is 16.1 Å². The summed E-state index contributed by atoms with van der Waals surface area (Å²) >= 11 is 0. The molecule has 28 heavy (non-hydrogen) atoms. The molecule has 144 valence electrons. The molecule has 2 aromatic carbocycles. The molecule has 0 N–H and O–H groups in total. The average molecular weight is 395 g/mol. The predicted octanol–water partition coefficient (Wildman–Crippen LogP) is 2.64. The van der Waals surface area contributed by atoms with E-state index in [1.165, 1.54) is 4.31 Å². The van der Waals surface area contributed by atoms with Gasteiger partial charge in [-0.05, 0) is 48.2 Å². The summed E-state index contributed by atoms with van der Waals surface area (Å²) in [5, 5.41) is 9.08. The number of amides is 1. The highest BCUT2D eigenvalue weighted by atomic mass is 32.2. The molecular formula is C21H21N3O3S. The van der Waals surface area contributed by atoms with Crippen molar-refractivity contribution >= 4 is 15.9 Å². The van der Waals surface area contributed by atoms with Gasteiger partial charge in [-0.25, -0.2) is 8.42 Å². The first kappa shape index (κ1) is 18.7. The molecule has 0 aliphatic carbocycles. The molecule has 0 aromatic heterocycles. The van der Waals surface area contributed by atoms with Gasteiger partial charge in [-0.1, -0.05) is 30.7 Å². The van der Waals surface area contributed by atoms with E-state index in [-0.39, 0.29) is 10.8 Å². The van der Waals surface area contributed by atoms with Crippen LogP contribution in [0.15, 0.2) is 53.4 Å². The van der Waals surface area contributed by atoms with Crippen LogP contribution in [0.3, 0.4) is 0 Å². The summed E-state index contributed by atoms with van der Waals surface area (Å²) in [6.07, 6.45) is 2.11. The maximum absolute atomic E-state index is 13.3. The van der Waals surface area contributed by atoms with Crippen LogP contribution in [-0.2, 0) is 27.9 Å². The van der Waals surface area contributed by atoms with Gasteiger partial charge in [0.25, 0.3) is 0 Å². The van der Waals surface area contributed by atoms with Gasteiger partial charge in [0, 0.05) is 19.6 Å². The first-order valence-corrected chi connectivity index (χ1v) is 10.8. The van der Waals surface area contributed by atoms with Crippen LogP contribution in [0.1, 0.15) is 36.0 Å². The van der Waals surface area contributed by atoms with Gasteiger partial charge in [0.1, 0.15) is 6.04 Å². The molecule has 0 radical (unpaired) electrons. The average Bonchev–Trinajstić information content (AvgIpc) is 3.17. The fourth-order valence-corrected chi connectivity index (χ4v) is 5.67. The Morgan fingerprint density at radius 3 is 2.54 bits per heavy atom. The Morgan fingerprint density at radius 2 is 1.79 bits per heavy atom. The van der Waals surface area contributed by atoms with E-state index >= 15 is 0 Å². The second kappa shape index (κ2) is 7.38. The van der Waals surface area contributed by atoms with Gasteiger partial charge in [0.15, 0.2) is 0 Å². The Balaban J connectivity index is 1.59. The van der Waals surface area contributed by atoms with Gasteiger partial charge in [-0.2, -0.15) is 9.57 Å². The van der Waals surface area contributed by atoms with E-state index in [4.69, 9.17) is 5.26 Å². The first-order chi connectivity index (χ1) is 13.5. The van der Waals surface area contributed by atoms with Crippen molar-refractivity contribution in [1.82, 2.24) is 9.21 Å². The van der Waals surface area contributed by atoms with E-state index in [1.54, 1.807) is 41.3 Å². The van der Waals surface area contributed by atoms with Gasteiger partial charge in [-0.3, -0.25) is 4.79 Å². The molecule has 2 aliphatic rings. The van der Waals surface area contributed by atoms with E-state index in [1.807, 2.05) is 12.1 Å². The lowest BCUT2D eigenvalue weighted by Gasteiger charge is -2.35. The molecule has 1 saturated heterocycles. The van der Waals surface area contributed by atoms with Crippen molar-refractivity contribution in [1.29, 1.82) is 5.26 Å². The fraction of sp³-hybridized carbons (Fsp3) is 0.333. The van der Waals surface area contributed by atoms with Crippen molar-refractivity contribution in [3.63, 3.8) is 0 Å². The number of fused-ring (bicyclic) bond motifs is 1. The lowest BCUT2D eigenvalue weighted by Crippen LogP contribution is -2.51. The third kappa shape index (κ3) is 3.30. The van der Waals surface area contributed by atoms with Crippen LogP contribution in [0, 0.1) is 11.3 Å². The summed E-state index contributed by atoms with van der Waals surface area (Å²) in [4.78, 5) is 15.2. The zero-order chi connectivity index (χ0) is 19.7. The van der Waals surface area contributed by atoms with Crippen molar-refractivity contribution < 1.29 is 13.2 Å². The lowest BCUT2D eigenvalue weighted by atomic mass is 10.0. The summed E-state index contributed by atoms with van der Waals surface area (Å²) < 4.78 is 27.6. The van der Waals surface area contributed by atoms with Crippen LogP contribution in [0.2, 0.25) is 0 Å². The number of piperidine rings is 1. The molecule has 0 saturated carbocycles. The first-order valence-electron chi connectivity index (χ1n) is 9.38. The molecule has 7 heteroatoms. The number of rotatable bonds is 3. The largest absolute Gasteiger partial charge is 0.333 e. The number of hydrogen-bond donors (Lipinski definition) is 0. The second-order valence-corrected chi connectivity index (χ2v) is 9.12. The minimum Gasteiger partial charge on any atom is -0.333 e. The summed E-state index contributed by atoms with van der Waals surface area (Å²) in [6.45, 7) is 1.22. The van der Waals surface area contributed by atoms with Crippen LogP contribution in [0.25, 0.3) is 0 Å². The van der Waals surface area contributed by atoms with Crippen LogP contribution in [0.4, 0.5) is 0 Å². The monoisotopic (exact) mass is 395 g/mol. The van der Waals surface area contributed by atoms with E-state index in [0.29, 0.717) is 31.6 Å². The molecule has 1 unspecified atom stereocenters. The molecule has 1 amide bonds. The maximum atomic E-state index is 13.3. The van der Waals surface area contributed by atoms with Gasteiger partial charge >= 0.3 is 0 Å². The topological polar surface area (TPSA) is 81.5 Å². The SMILES string of the molecule is N#Cc1ccc2c(c1)CN(C(=O)C1CCCCN1S(=O)(=O)c1ccccc1)C2. The molecule has 0 bridgehead atoms. The summed E-state index contributed by atoms with van der Waals surface area (Å²) in [6, 6.07) is 15.2. The zero-order valence-electron chi connectivity index (χ0n) is 15.4. The predicted molar refractivity (Wildman–Crippen MR) is 103 cm³/mol. The van der Waals surface area contributed by atoms with Crippen molar-refractivity contribution in [2.75, 3.05) is 6.54 Å². The van der Waals surface area contributed by atoms with Crippen LogP contribution >= 0.6 is 0 Å². The number of nitriles is 1. The zero-order valence-corrected chi connectivity index (χ0v) is 16.2. The normalized spacial score (nSPS) is 19.8. The molecule has 2 heterocycles. The Labute approximate surface area is 165 Å². The molecule has 0 spiro atoms. The summed E-state index contributed by atoms with van der Waals surface area (Å²) in [5.41, 5.74) is 2.54. The molecular weight excluding hydrogens is 374 g/mol. The Kier molecular flexibility index (Phi) is 4.92. The molecule has 1 fully saturated rings. The minimum absolute atomic E-state index is 0.158. The van der Waals surface area contributed by atoms with Crippen molar-refractivity contribution in [2.45, 2.75) is 43.3 Å². The molecule has 4 rings (SSSR count). The number of carbonyl (C=O) groups excluding carboxylic acids is 1. The Morgan fingerprint density at radius 1 is 1.04 bits per heavy atom. The van der Waals surface area contributed by atoms with Crippen LogP contribution in [0.5, 0.6) is 0 Å². The number of hydrogen-bond acceptors (Lipinski definition) is 4. The van der Waals surface area contributed by atoms with Crippen LogP contribution < -0.4 is 0 Å². The smallest absolute Gasteiger partial charge is 0.243 e. The van der Waals surface area contributed by atoms with Crippen molar-refractivity contribution in [2.24, 2.45) is 0 Å². The van der Waals surface area contributed by atoms with E-state index in [0.717, 1.165) is 24.0 Å². The standard InChI is InChI=1S/C21H21N3O3S/c22-13-16-9-10-17-14-23(15-18(17)12-16)21(25)20-8-4-5-11-24(20)28(26,27)19-6-2-1-3-7-19/h1-3,6-7,9-10,12,20H,4-5,8,11,14-15H2. The molecule has 2 aromatic rings. The highest BCUT2D eigenvalue weighted by Crippen LogP contribution is 2.30. The van der Waals surface area contributed by atoms with Gasteiger partial charge in [0.2, 0.25) is 15.9 Å². The second-order valence-electron chi connectivity index (χ2n) is 7.23. The highest BCUT2D eigenvalue weighted by molar-refractivity contribution is 7.89. The van der Waals surface area contributed by atoms with Crippen LogP contribution in [-0.4, -0.2) is 36.1 Å². The quantitative estimate of drug-likeness (QED) is 0.800.